The summed E-state index contributed by atoms with van der Waals surface area (Å²) in [4.78, 5) is 8.05. The second kappa shape index (κ2) is 5.94. The fourth-order valence-electron chi connectivity index (χ4n) is 1.68. The van der Waals surface area contributed by atoms with E-state index in [0.717, 1.165) is 33.6 Å². The highest BCUT2D eigenvalue weighted by atomic mass is 32.1. The van der Waals surface area contributed by atoms with Crippen molar-refractivity contribution >= 4 is 27.8 Å². The lowest BCUT2D eigenvalue weighted by Gasteiger charge is -2.06. The molecule has 0 spiro atoms. The molecule has 2 aromatic heterocycles. The second-order valence-corrected chi connectivity index (χ2v) is 7.07. The quantitative estimate of drug-likeness (QED) is 0.918. The van der Waals surface area contributed by atoms with E-state index in [-0.39, 0.29) is 0 Å². The van der Waals surface area contributed by atoms with Gasteiger partial charge < -0.3 is 10.6 Å². The Morgan fingerprint density at radius 2 is 1.95 bits per heavy atom. The SMILES string of the molecule is CC(C)c1nc(CCN(C)C)sc1-c1nnc(N)s1. The number of nitrogens with zero attached hydrogens (tertiary/aromatic N) is 4. The second-order valence-electron chi connectivity index (χ2n) is 4.98. The molecule has 2 N–H and O–H groups in total. The third kappa shape index (κ3) is 3.49. The first-order valence-electron chi connectivity index (χ1n) is 6.21. The van der Waals surface area contributed by atoms with E-state index in [2.05, 4.69) is 43.0 Å². The summed E-state index contributed by atoms with van der Waals surface area (Å²) in [7, 11) is 4.15. The first-order chi connectivity index (χ1) is 8.97. The molecule has 0 aliphatic carbocycles. The zero-order valence-corrected chi connectivity index (χ0v) is 13.3. The lowest BCUT2D eigenvalue weighted by molar-refractivity contribution is 0.413. The first-order valence-corrected chi connectivity index (χ1v) is 7.84. The summed E-state index contributed by atoms with van der Waals surface area (Å²) in [6.07, 6.45) is 0.964. The Morgan fingerprint density at radius 3 is 2.47 bits per heavy atom. The molecule has 0 unspecified atom stereocenters. The zero-order chi connectivity index (χ0) is 14.0. The highest BCUT2D eigenvalue weighted by Crippen LogP contribution is 2.36. The first kappa shape index (κ1) is 14.4. The van der Waals surface area contributed by atoms with Crippen molar-refractivity contribution in [1.29, 1.82) is 0 Å². The van der Waals surface area contributed by atoms with Crippen LogP contribution in [-0.2, 0) is 6.42 Å². The van der Waals surface area contributed by atoms with Crippen molar-refractivity contribution in [3.8, 4) is 9.88 Å². The molecule has 2 aromatic rings. The van der Waals surface area contributed by atoms with Gasteiger partial charge in [-0.2, -0.15) is 0 Å². The van der Waals surface area contributed by atoms with E-state index < -0.39 is 0 Å². The van der Waals surface area contributed by atoms with Crippen molar-refractivity contribution in [3.63, 3.8) is 0 Å². The Bertz CT molecular complexity index is 544. The molecule has 2 rings (SSSR count). The van der Waals surface area contributed by atoms with Crippen LogP contribution in [-0.4, -0.2) is 40.7 Å². The summed E-state index contributed by atoms with van der Waals surface area (Å²) in [5.74, 6) is 0.379. The summed E-state index contributed by atoms with van der Waals surface area (Å²) in [5.41, 5.74) is 6.78. The third-order valence-corrected chi connectivity index (χ3v) is 4.69. The van der Waals surface area contributed by atoms with Gasteiger partial charge in [-0.05, 0) is 20.0 Å². The molecular formula is C12H19N5S2. The van der Waals surface area contributed by atoms with Gasteiger partial charge in [0.05, 0.1) is 15.6 Å². The van der Waals surface area contributed by atoms with Crippen LogP contribution in [0, 0.1) is 0 Å². The molecule has 0 fully saturated rings. The molecule has 104 valence electrons. The number of rotatable bonds is 5. The molecule has 0 saturated carbocycles. The van der Waals surface area contributed by atoms with E-state index in [0.29, 0.717) is 11.0 Å². The van der Waals surface area contributed by atoms with Gasteiger partial charge in [0, 0.05) is 13.0 Å². The van der Waals surface area contributed by atoms with E-state index in [1.54, 1.807) is 11.3 Å². The molecule has 19 heavy (non-hydrogen) atoms. The number of likely N-dealkylation sites (N-methyl/N-ethyl adjacent to an activating group) is 1. The van der Waals surface area contributed by atoms with Crippen LogP contribution in [0.25, 0.3) is 9.88 Å². The van der Waals surface area contributed by atoms with Gasteiger partial charge in [-0.15, -0.1) is 21.5 Å². The van der Waals surface area contributed by atoms with Crippen molar-refractivity contribution in [3.05, 3.63) is 10.7 Å². The molecule has 0 amide bonds. The maximum absolute atomic E-state index is 5.67. The van der Waals surface area contributed by atoms with Gasteiger partial charge in [0.2, 0.25) is 5.13 Å². The van der Waals surface area contributed by atoms with Crippen molar-refractivity contribution in [2.45, 2.75) is 26.2 Å². The molecule has 7 heteroatoms. The zero-order valence-electron chi connectivity index (χ0n) is 11.7. The minimum atomic E-state index is 0.379. The number of aromatic nitrogens is 3. The summed E-state index contributed by atoms with van der Waals surface area (Å²) in [5, 5.41) is 10.6. The Morgan fingerprint density at radius 1 is 1.21 bits per heavy atom. The van der Waals surface area contributed by atoms with E-state index >= 15 is 0 Å². The predicted molar refractivity (Wildman–Crippen MR) is 81.8 cm³/mol. The van der Waals surface area contributed by atoms with Gasteiger partial charge >= 0.3 is 0 Å². The number of nitrogen functional groups attached to an aromatic ring is 1. The van der Waals surface area contributed by atoms with Crippen LogP contribution in [0.3, 0.4) is 0 Å². The average Bonchev–Trinajstić information content (AvgIpc) is 2.92. The smallest absolute Gasteiger partial charge is 0.203 e. The number of thiazole rings is 1. The minimum Gasteiger partial charge on any atom is -0.374 e. The highest BCUT2D eigenvalue weighted by Gasteiger charge is 2.18. The van der Waals surface area contributed by atoms with Gasteiger partial charge in [-0.1, -0.05) is 25.2 Å². The fraction of sp³-hybridized carbons (Fsp3) is 0.583. The Kier molecular flexibility index (Phi) is 4.49. The van der Waals surface area contributed by atoms with Crippen LogP contribution in [0.15, 0.2) is 0 Å². The monoisotopic (exact) mass is 297 g/mol. The predicted octanol–water partition coefficient (Wildman–Crippen LogP) is 2.47. The molecular weight excluding hydrogens is 278 g/mol. The number of anilines is 1. The highest BCUT2D eigenvalue weighted by molar-refractivity contribution is 7.23. The topological polar surface area (TPSA) is 67.9 Å². The molecule has 2 heterocycles. The standard InChI is InChI=1S/C12H19N5S2/c1-7(2)9-10(11-15-16-12(13)19-11)18-8(14-9)5-6-17(3)4/h7H,5-6H2,1-4H3,(H2,13,16). The molecule has 0 aromatic carbocycles. The number of nitrogens with two attached hydrogens (primary N) is 1. The normalized spacial score (nSPS) is 11.7. The molecule has 0 atom stereocenters. The van der Waals surface area contributed by atoms with Gasteiger partial charge in [0.15, 0.2) is 5.01 Å². The number of hydrogen-bond acceptors (Lipinski definition) is 7. The molecule has 0 aliphatic heterocycles. The molecule has 0 bridgehead atoms. The largest absolute Gasteiger partial charge is 0.374 e. The lowest BCUT2D eigenvalue weighted by atomic mass is 10.1. The van der Waals surface area contributed by atoms with Crippen molar-refractivity contribution in [2.75, 3.05) is 26.4 Å². The molecule has 0 saturated heterocycles. The molecule has 0 radical (unpaired) electrons. The van der Waals surface area contributed by atoms with Crippen molar-refractivity contribution in [2.24, 2.45) is 0 Å². The van der Waals surface area contributed by atoms with Crippen LogP contribution in [0.4, 0.5) is 5.13 Å². The maximum Gasteiger partial charge on any atom is 0.203 e. The van der Waals surface area contributed by atoms with E-state index in [1.807, 2.05) is 0 Å². The Balaban J connectivity index is 2.30. The van der Waals surface area contributed by atoms with Crippen LogP contribution in [0.5, 0.6) is 0 Å². The average molecular weight is 297 g/mol. The summed E-state index contributed by atoms with van der Waals surface area (Å²) in [6, 6.07) is 0. The van der Waals surface area contributed by atoms with Crippen LogP contribution >= 0.6 is 22.7 Å². The lowest BCUT2D eigenvalue weighted by Crippen LogP contribution is -2.14. The van der Waals surface area contributed by atoms with Crippen molar-refractivity contribution in [1.82, 2.24) is 20.1 Å². The summed E-state index contributed by atoms with van der Waals surface area (Å²) in [6.45, 7) is 5.31. The fourth-order valence-corrected chi connectivity index (χ4v) is 3.57. The number of hydrogen-bond donors (Lipinski definition) is 1. The van der Waals surface area contributed by atoms with Gasteiger partial charge in [-0.25, -0.2) is 4.98 Å². The molecule has 0 aliphatic rings. The van der Waals surface area contributed by atoms with Crippen molar-refractivity contribution < 1.29 is 0 Å². The van der Waals surface area contributed by atoms with Gasteiger partial charge in [-0.3, -0.25) is 0 Å². The molecule has 5 nitrogen and oxygen atoms in total. The van der Waals surface area contributed by atoms with Crippen LogP contribution in [0.1, 0.15) is 30.5 Å². The third-order valence-electron chi connectivity index (χ3n) is 2.65. The van der Waals surface area contributed by atoms with Gasteiger partial charge in [0.25, 0.3) is 0 Å². The summed E-state index contributed by atoms with van der Waals surface area (Å²) < 4.78 is 0. The van der Waals surface area contributed by atoms with Crippen LogP contribution in [0.2, 0.25) is 0 Å². The maximum atomic E-state index is 5.67. The van der Waals surface area contributed by atoms with Gasteiger partial charge in [0.1, 0.15) is 0 Å². The Labute approximate surface area is 121 Å². The summed E-state index contributed by atoms with van der Waals surface area (Å²) >= 11 is 3.14. The van der Waals surface area contributed by atoms with E-state index in [4.69, 9.17) is 10.7 Å². The minimum absolute atomic E-state index is 0.379. The van der Waals surface area contributed by atoms with E-state index in [1.165, 1.54) is 11.3 Å². The van der Waals surface area contributed by atoms with Crippen LogP contribution < -0.4 is 5.73 Å². The Hall–Kier alpha value is -1.05. The van der Waals surface area contributed by atoms with E-state index in [9.17, 15) is 0 Å².